The highest BCUT2D eigenvalue weighted by atomic mass is 32.1. The van der Waals surface area contributed by atoms with Gasteiger partial charge in [-0.3, -0.25) is 4.79 Å². The lowest BCUT2D eigenvalue weighted by molar-refractivity contribution is -0.115. The molecule has 1 heterocycles. The lowest BCUT2D eigenvalue weighted by atomic mass is 10.1. The van der Waals surface area contributed by atoms with E-state index in [1.807, 2.05) is 19.1 Å². The second-order valence-corrected chi connectivity index (χ2v) is 7.03. The highest BCUT2D eigenvalue weighted by molar-refractivity contribution is 7.16. The zero-order chi connectivity index (χ0) is 19.8. The van der Waals surface area contributed by atoms with E-state index >= 15 is 0 Å². The number of benzene rings is 2. The number of anilines is 1. The van der Waals surface area contributed by atoms with Crippen LogP contribution in [0.4, 0.5) is 10.1 Å². The van der Waals surface area contributed by atoms with E-state index in [2.05, 4.69) is 22.1 Å². The van der Waals surface area contributed by atoms with Gasteiger partial charge in [0.25, 0.3) is 0 Å². The molecular formula is C22H21FN2O2S. The van der Waals surface area contributed by atoms with E-state index < -0.39 is 5.82 Å². The maximum atomic E-state index is 14.6. The van der Waals surface area contributed by atoms with Gasteiger partial charge in [0.1, 0.15) is 0 Å². The lowest BCUT2D eigenvalue weighted by Gasteiger charge is -2.10. The molecule has 0 fully saturated rings. The van der Waals surface area contributed by atoms with Crippen molar-refractivity contribution in [3.05, 3.63) is 53.3 Å². The molecule has 0 radical (unpaired) electrons. The molecule has 2 aromatic carbocycles. The summed E-state index contributed by atoms with van der Waals surface area (Å²) in [5.74, 6) is 5.41. The van der Waals surface area contributed by atoms with Crippen LogP contribution in [0.5, 0.6) is 5.75 Å². The maximum absolute atomic E-state index is 14.6. The third-order valence-electron chi connectivity index (χ3n) is 4.01. The van der Waals surface area contributed by atoms with Gasteiger partial charge in [0.05, 0.1) is 28.8 Å². The molecule has 0 atom stereocenters. The number of amides is 1. The van der Waals surface area contributed by atoms with E-state index in [1.54, 1.807) is 29.8 Å². The van der Waals surface area contributed by atoms with Crippen molar-refractivity contribution in [2.45, 2.75) is 32.6 Å². The van der Waals surface area contributed by atoms with Crippen LogP contribution < -0.4 is 10.1 Å². The van der Waals surface area contributed by atoms with Gasteiger partial charge in [-0.15, -0.1) is 23.2 Å². The quantitative estimate of drug-likeness (QED) is 0.442. The van der Waals surface area contributed by atoms with E-state index in [1.165, 1.54) is 11.3 Å². The fraction of sp³-hybridized carbons (Fsp3) is 0.273. The van der Waals surface area contributed by atoms with Crippen LogP contribution in [-0.2, 0) is 11.2 Å². The highest BCUT2D eigenvalue weighted by Gasteiger charge is 2.13. The Balaban J connectivity index is 1.57. The Morgan fingerprint density at radius 1 is 1.29 bits per heavy atom. The molecule has 0 unspecified atom stereocenters. The number of ether oxygens (including phenoxy) is 1. The molecule has 1 amide bonds. The van der Waals surface area contributed by atoms with Crippen molar-refractivity contribution in [3.8, 4) is 17.6 Å². The summed E-state index contributed by atoms with van der Waals surface area (Å²) in [4.78, 5) is 16.5. The summed E-state index contributed by atoms with van der Waals surface area (Å²) in [5, 5.41) is 2.81. The average Bonchev–Trinajstić information content (AvgIpc) is 3.15. The molecule has 144 valence electrons. The molecule has 0 saturated carbocycles. The number of hydrogen-bond donors (Lipinski definition) is 1. The second-order valence-electron chi connectivity index (χ2n) is 6.15. The Morgan fingerprint density at radius 2 is 2.18 bits per heavy atom. The Morgan fingerprint density at radius 3 is 3.04 bits per heavy atom. The molecule has 6 heteroatoms. The van der Waals surface area contributed by atoms with Crippen molar-refractivity contribution in [2.75, 3.05) is 11.9 Å². The Hall–Kier alpha value is -2.91. The van der Waals surface area contributed by atoms with Crippen LogP contribution in [0.1, 0.15) is 31.7 Å². The smallest absolute Gasteiger partial charge is 0.228 e. The number of aromatic nitrogens is 1. The lowest BCUT2D eigenvalue weighted by Crippen LogP contribution is -2.15. The number of nitrogens with zero attached hydrogens (tertiary/aromatic N) is 1. The molecule has 0 aliphatic heterocycles. The molecule has 0 spiro atoms. The van der Waals surface area contributed by atoms with Gasteiger partial charge in [-0.1, -0.05) is 19.1 Å². The van der Waals surface area contributed by atoms with Crippen LogP contribution in [0.3, 0.4) is 0 Å². The van der Waals surface area contributed by atoms with Crippen molar-refractivity contribution in [1.29, 1.82) is 0 Å². The topological polar surface area (TPSA) is 51.2 Å². The van der Waals surface area contributed by atoms with E-state index in [4.69, 9.17) is 4.74 Å². The predicted octanol–water partition coefficient (Wildman–Crippen LogP) is 5.19. The fourth-order valence-corrected chi connectivity index (χ4v) is 3.39. The number of rotatable bonds is 7. The molecule has 4 nitrogen and oxygen atoms in total. The fourth-order valence-electron chi connectivity index (χ4n) is 2.67. The number of hydrogen-bond acceptors (Lipinski definition) is 4. The number of fused-ring (bicyclic) bond motifs is 1. The number of unbranched alkanes of at least 4 members (excludes halogenated alkanes) is 1. The number of nitrogens with one attached hydrogen (secondary N) is 1. The molecule has 3 rings (SSSR count). The monoisotopic (exact) mass is 396 g/mol. The minimum Gasteiger partial charge on any atom is -0.490 e. The van der Waals surface area contributed by atoms with Gasteiger partial charge in [0.15, 0.2) is 11.6 Å². The van der Waals surface area contributed by atoms with Crippen molar-refractivity contribution >= 4 is 33.1 Å². The Labute approximate surface area is 167 Å². The van der Waals surface area contributed by atoms with Crippen LogP contribution in [0.25, 0.3) is 10.2 Å². The summed E-state index contributed by atoms with van der Waals surface area (Å²) in [6.45, 7) is 2.39. The maximum Gasteiger partial charge on any atom is 0.228 e. The first-order chi connectivity index (χ1) is 13.7. The number of carbonyl (C=O) groups is 1. The summed E-state index contributed by atoms with van der Waals surface area (Å²) < 4.78 is 21.1. The molecule has 0 saturated heterocycles. The summed E-state index contributed by atoms with van der Waals surface area (Å²) in [5.41, 5.74) is 3.62. The molecule has 0 bridgehead atoms. The zero-order valence-corrected chi connectivity index (χ0v) is 16.4. The van der Waals surface area contributed by atoms with Gasteiger partial charge < -0.3 is 10.1 Å². The first-order valence-corrected chi connectivity index (χ1v) is 10.0. The van der Waals surface area contributed by atoms with Crippen LogP contribution in [0.15, 0.2) is 41.9 Å². The molecule has 3 aromatic rings. The van der Waals surface area contributed by atoms with Crippen LogP contribution >= 0.6 is 11.3 Å². The second kappa shape index (κ2) is 9.86. The predicted molar refractivity (Wildman–Crippen MR) is 111 cm³/mol. The van der Waals surface area contributed by atoms with E-state index in [0.29, 0.717) is 17.9 Å². The minimum atomic E-state index is -0.491. The molecule has 0 aliphatic carbocycles. The summed E-state index contributed by atoms with van der Waals surface area (Å²) >= 11 is 1.50. The SMILES string of the molecule is CCC#CCCCOc1cccc(CC(=O)Nc2ccc3ncsc3c2)c1F. The van der Waals surface area contributed by atoms with Crippen molar-refractivity contribution in [2.24, 2.45) is 0 Å². The van der Waals surface area contributed by atoms with Gasteiger partial charge in [-0.2, -0.15) is 0 Å². The van der Waals surface area contributed by atoms with Gasteiger partial charge in [0.2, 0.25) is 5.91 Å². The van der Waals surface area contributed by atoms with Crippen LogP contribution in [-0.4, -0.2) is 17.5 Å². The molecule has 0 aliphatic rings. The van der Waals surface area contributed by atoms with Gasteiger partial charge in [0, 0.05) is 24.1 Å². The Bertz CT molecular complexity index is 1020. The van der Waals surface area contributed by atoms with Crippen molar-refractivity contribution in [3.63, 3.8) is 0 Å². The summed E-state index contributed by atoms with van der Waals surface area (Å²) in [7, 11) is 0. The van der Waals surface area contributed by atoms with Gasteiger partial charge in [-0.25, -0.2) is 9.37 Å². The standard InChI is InChI=1S/C22H21FN2O2S/c1-2-3-4-5-6-12-27-19-9-7-8-16(22(19)23)13-21(26)25-17-10-11-18-20(14-17)28-15-24-18/h7-11,14-15H,2,5-6,12-13H2,1H3,(H,25,26). The van der Waals surface area contributed by atoms with Crippen molar-refractivity contribution < 1.29 is 13.9 Å². The molecule has 28 heavy (non-hydrogen) atoms. The molecule has 1 aromatic heterocycles. The number of thiazole rings is 1. The van der Waals surface area contributed by atoms with Gasteiger partial charge in [-0.05, 0) is 30.7 Å². The molecular weight excluding hydrogens is 375 g/mol. The van der Waals surface area contributed by atoms with Crippen molar-refractivity contribution in [1.82, 2.24) is 4.98 Å². The minimum absolute atomic E-state index is 0.0638. The zero-order valence-electron chi connectivity index (χ0n) is 15.6. The van der Waals surface area contributed by atoms with Crippen LogP contribution in [0, 0.1) is 17.7 Å². The first-order valence-electron chi connectivity index (χ1n) is 9.16. The third kappa shape index (κ3) is 5.30. The largest absolute Gasteiger partial charge is 0.490 e. The number of halogens is 1. The van der Waals surface area contributed by atoms with Crippen LogP contribution in [0.2, 0.25) is 0 Å². The average molecular weight is 396 g/mol. The highest BCUT2D eigenvalue weighted by Crippen LogP contribution is 2.23. The third-order valence-corrected chi connectivity index (χ3v) is 4.81. The normalized spacial score (nSPS) is 10.4. The van der Waals surface area contributed by atoms with E-state index in [9.17, 15) is 9.18 Å². The summed E-state index contributed by atoms with van der Waals surface area (Å²) in [6, 6.07) is 10.4. The van der Waals surface area contributed by atoms with E-state index in [-0.39, 0.29) is 18.1 Å². The van der Waals surface area contributed by atoms with E-state index in [0.717, 1.165) is 29.5 Å². The number of carbonyl (C=O) groups excluding carboxylic acids is 1. The first kappa shape index (κ1) is 19.8. The Kier molecular flexibility index (Phi) is 6.99. The van der Waals surface area contributed by atoms with Gasteiger partial charge >= 0.3 is 0 Å². The molecule has 1 N–H and O–H groups in total. The summed E-state index contributed by atoms with van der Waals surface area (Å²) in [6.07, 6.45) is 2.22.